The quantitative estimate of drug-likeness (QED) is 0.494. The highest BCUT2D eigenvalue weighted by Crippen LogP contribution is 2.03. The van der Waals surface area contributed by atoms with Gasteiger partial charge in [0.25, 0.3) is 0 Å². The first-order valence-corrected chi connectivity index (χ1v) is 7.71. The van der Waals surface area contributed by atoms with E-state index in [0.29, 0.717) is 6.54 Å². The van der Waals surface area contributed by atoms with Crippen LogP contribution in [0, 0.1) is 5.82 Å². The molecule has 2 N–H and O–H groups in total. The van der Waals surface area contributed by atoms with Gasteiger partial charge >= 0.3 is 5.97 Å². The largest absolute Gasteiger partial charge is 0.462 e. The van der Waals surface area contributed by atoms with Gasteiger partial charge in [0, 0.05) is 6.54 Å². The van der Waals surface area contributed by atoms with Crippen molar-refractivity contribution in [2.75, 3.05) is 13.1 Å². The molecule has 0 bridgehead atoms. The van der Waals surface area contributed by atoms with E-state index in [-0.39, 0.29) is 24.4 Å². The molecule has 4 nitrogen and oxygen atoms in total. The number of ether oxygens (including phenoxy) is 1. The van der Waals surface area contributed by atoms with Crippen LogP contribution in [-0.4, -0.2) is 31.9 Å². The number of allylic oxidation sites excluding steroid dienone is 1. The molecule has 0 unspecified atom stereocenters. The molecule has 0 saturated heterocycles. The third-order valence-electron chi connectivity index (χ3n) is 2.18. The lowest BCUT2D eigenvalue weighted by atomic mass is 10.1. The van der Waals surface area contributed by atoms with Crippen molar-refractivity contribution >= 4 is 12.7 Å². The standard InChI is InChI=1S/C10H12FN.C6H11NO2.C2H6/c11-10-6-4-9(5-7-10)3-1-2-8-12;1-5(2)9-6(8)4-7-3;1-2/h1-2,4-7H,3,8,12H2;5H,3-4H2,1-2H3;1-2H3/b2-1+;;. The second kappa shape index (κ2) is 16.4. The third kappa shape index (κ3) is 16.2. The zero-order valence-electron chi connectivity index (χ0n) is 14.6. The van der Waals surface area contributed by atoms with Crippen LogP contribution in [-0.2, 0) is 16.0 Å². The summed E-state index contributed by atoms with van der Waals surface area (Å²) in [6.45, 7) is 11.4. The van der Waals surface area contributed by atoms with E-state index < -0.39 is 0 Å². The molecule has 130 valence electrons. The number of carbonyl (C=O) groups excluding carboxylic acids is 1. The smallest absolute Gasteiger partial charge is 0.327 e. The van der Waals surface area contributed by atoms with Crippen molar-refractivity contribution in [2.24, 2.45) is 10.7 Å². The average molecular weight is 324 g/mol. The van der Waals surface area contributed by atoms with Gasteiger partial charge in [-0.15, -0.1) is 0 Å². The number of rotatable bonds is 6. The number of aliphatic imine (C=N–C) groups is 1. The summed E-state index contributed by atoms with van der Waals surface area (Å²) < 4.78 is 17.2. The molecule has 0 amide bonds. The highest BCUT2D eigenvalue weighted by molar-refractivity contribution is 5.72. The molecule has 0 atom stereocenters. The molecule has 0 radical (unpaired) electrons. The molecule has 0 aliphatic heterocycles. The highest BCUT2D eigenvalue weighted by Gasteiger charge is 2.01. The van der Waals surface area contributed by atoms with Crippen LogP contribution in [0.2, 0.25) is 0 Å². The van der Waals surface area contributed by atoms with Crippen LogP contribution in [0.25, 0.3) is 0 Å². The summed E-state index contributed by atoms with van der Waals surface area (Å²) in [6, 6.07) is 6.48. The average Bonchev–Trinajstić information content (AvgIpc) is 2.52. The van der Waals surface area contributed by atoms with Crippen molar-refractivity contribution in [3.8, 4) is 0 Å². The number of halogens is 1. The number of benzene rings is 1. The van der Waals surface area contributed by atoms with Crippen LogP contribution < -0.4 is 5.73 Å². The molecule has 0 spiro atoms. The SMILES string of the molecule is C=NCC(=O)OC(C)C.CC.NC/C=C/Cc1ccc(F)cc1. The van der Waals surface area contributed by atoms with Gasteiger partial charge in [-0.3, -0.25) is 9.79 Å². The Morgan fingerprint density at radius 2 is 1.87 bits per heavy atom. The van der Waals surface area contributed by atoms with Gasteiger partial charge in [0.2, 0.25) is 0 Å². The predicted molar refractivity (Wildman–Crippen MR) is 95.3 cm³/mol. The van der Waals surface area contributed by atoms with Crippen molar-refractivity contribution in [1.29, 1.82) is 0 Å². The normalized spacial score (nSPS) is 9.52. The molecule has 0 aliphatic carbocycles. The van der Waals surface area contributed by atoms with Gasteiger partial charge in [-0.1, -0.05) is 38.1 Å². The molecule has 5 heteroatoms. The second-order valence-electron chi connectivity index (χ2n) is 4.46. The van der Waals surface area contributed by atoms with Crippen LogP contribution in [0.4, 0.5) is 4.39 Å². The van der Waals surface area contributed by atoms with Gasteiger partial charge in [0.1, 0.15) is 12.4 Å². The molecule has 0 fully saturated rings. The van der Waals surface area contributed by atoms with Gasteiger partial charge < -0.3 is 10.5 Å². The highest BCUT2D eigenvalue weighted by atomic mass is 19.1. The molecule has 1 rings (SSSR count). The number of nitrogens with two attached hydrogens (primary N) is 1. The maximum absolute atomic E-state index is 12.4. The van der Waals surface area contributed by atoms with Gasteiger partial charge in [0.05, 0.1) is 6.10 Å². The Bertz CT molecular complexity index is 443. The maximum atomic E-state index is 12.4. The molecule has 0 saturated carbocycles. The monoisotopic (exact) mass is 324 g/mol. The minimum Gasteiger partial charge on any atom is -0.462 e. The van der Waals surface area contributed by atoms with E-state index in [1.807, 2.05) is 26.0 Å². The summed E-state index contributed by atoms with van der Waals surface area (Å²) >= 11 is 0. The van der Waals surface area contributed by atoms with Crippen molar-refractivity contribution in [3.63, 3.8) is 0 Å². The zero-order valence-corrected chi connectivity index (χ0v) is 14.6. The van der Waals surface area contributed by atoms with Gasteiger partial charge in [0.15, 0.2) is 0 Å². The minimum absolute atomic E-state index is 0.0538. The fraction of sp³-hybridized carbons (Fsp3) is 0.444. The van der Waals surface area contributed by atoms with Crippen LogP contribution >= 0.6 is 0 Å². The van der Waals surface area contributed by atoms with E-state index in [2.05, 4.69) is 11.7 Å². The fourth-order valence-electron chi connectivity index (χ4n) is 1.33. The number of esters is 1. The van der Waals surface area contributed by atoms with Crippen LogP contribution in [0.1, 0.15) is 33.3 Å². The maximum Gasteiger partial charge on any atom is 0.327 e. The Morgan fingerprint density at radius 1 is 1.30 bits per heavy atom. The molecule has 0 aromatic heterocycles. The topological polar surface area (TPSA) is 64.7 Å². The summed E-state index contributed by atoms with van der Waals surface area (Å²) in [5.74, 6) is -0.512. The van der Waals surface area contributed by atoms with Crippen LogP contribution in [0.15, 0.2) is 41.4 Å². The summed E-state index contributed by atoms with van der Waals surface area (Å²) in [7, 11) is 0. The van der Waals surface area contributed by atoms with E-state index in [0.717, 1.165) is 12.0 Å². The van der Waals surface area contributed by atoms with E-state index in [1.54, 1.807) is 26.0 Å². The van der Waals surface area contributed by atoms with Crippen molar-refractivity contribution in [2.45, 2.75) is 40.2 Å². The van der Waals surface area contributed by atoms with Gasteiger partial charge in [-0.25, -0.2) is 4.39 Å². The first-order chi connectivity index (χ1) is 11.0. The number of nitrogens with zero attached hydrogens (tertiary/aromatic N) is 1. The van der Waals surface area contributed by atoms with E-state index in [1.165, 1.54) is 12.1 Å². The van der Waals surface area contributed by atoms with Crippen molar-refractivity contribution in [1.82, 2.24) is 0 Å². The summed E-state index contributed by atoms with van der Waals surface area (Å²) in [5, 5.41) is 0. The predicted octanol–water partition coefficient (Wildman–Crippen LogP) is 3.55. The van der Waals surface area contributed by atoms with Crippen LogP contribution in [0.3, 0.4) is 0 Å². The molecule has 1 aromatic carbocycles. The van der Waals surface area contributed by atoms with Crippen LogP contribution in [0.5, 0.6) is 0 Å². The first kappa shape index (κ1) is 23.3. The van der Waals surface area contributed by atoms with Gasteiger partial charge in [-0.2, -0.15) is 0 Å². The molecular weight excluding hydrogens is 295 g/mol. The summed E-state index contributed by atoms with van der Waals surface area (Å²) in [6.07, 6.45) is 4.63. The molecular formula is C18H29FN2O2. The Hall–Kier alpha value is -2.01. The molecule has 23 heavy (non-hydrogen) atoms. The number of carbonyl (C=O) groups is 1. The molecule has 1 aromatic rings. The Kier molecular flexibility index (Phi) is 16.5. The summed E-state index contributed by atoms with van der Waals surface area (Å²) in [5.41, 5.74) is 6.37. The Labute approximate surface area is 139 Å². The Morgan fingerprint density at radius 3 is 2.30 bits per heavy atom. The second-order valence-corrected chi connectivity index (χ2v) is 4.46. The number of hydrogen-bond acceptors (Lipinski definition) is 4. The molecule has 0 heterocycles. The fourth-order valence-corrected chi connectivity index (χ4v) is 1.33. The Balaban J connectivity index is 0. The summed E-state index contributed by atoms with van der Waals surface area (Å²) in [4.78, 5) is 13.9. The van der Waals surface area contributed by atoms with Crippen molar-refractivity contribution in [3.05, 3.63) is 47.8 Å². The minimum atomic E-state index is -0.319. The van der Waals surface area contributed by atoms with E-state index >= 15 is 0 Å². The van der Waals surface area contributed by atoms with Gasteiger partial charge in [-0.05, 0) is 44.7 Å². The van der Waals surface area contributed by atoms with Crippen molar-refractivity contribution < 1.29 is 13.9 Å². The lowest BCUT2D eigenvalue weighted by molar-refractivity contribution is -0.145. The van der Waals surface area contributed by atoms with E-state index in [4.69, 9.17) is 10.5 Å². The third-order valence-corrected chi connectivity index (χ3v) is 2.18. The van der Waals surface area contributed by atoms with E-state index in [9.17, 15) is 9.18 Å². The lowest BCUT2D eigenvalue weighted by Crippen LogP contribution is -2.13. The lowest BCUT2D eigenvalue weighted by Gasteiger charge is -2.04. The number of hydrogen-bond donors (Lipinski definition) is 1. The molecule has 0 aliphatic rings. The first-order valence-electron chi connectivity index (χ1n) is 7.71. The zero-order chi connectivity index (χ0) is 18.1.